The summed E-state index contributed by atoms with van der Waals surface area (Å²) in [4.78, 5) is 10.8. The predicted molar refractivity (Wildman–Crippen MR) is 111 cm³/mol. The number of carbonyl (C=O) groups excluding carboxylic acids is 1. The van der Waals surface area contributed by atoms with Crippen molar-refractivity contribution in [1.29, 1.82) is 0 Å². The average molecular weight is 389 g/mol. The number of nitrogens with zero attached hydrogens (tertiary/aromatic N) is 1. The van der Waals surface area contributed by atoms with Crippen molar-refractivity contribution in [3.8, 4) is 11.5 Å². The third-order valence-corrected chi connectivity index (χ3v) is 4.21. The Morgan fingerprint density at radius 1 is 1.03 bits per heavy atom. The van der Waals surface area contributed by atoms with Gasteiger partial charge in [0.15, 0.2) is 11.5 Å². The van der Waals surface area contributed by atoms with Gasteiger partial charge in [-0.05, 0) is 47.0 Å². The lowest BCUT2D eigenvalue weighted by atomic mass is 10.2. The summed E-state index contributed by atoms with van der Waals surface area (Å²) in [7, 11) is 1.59. The summed E-state index contributed by atoms with van der Waals surface area (Å²) in [5.41, 5.74) is 5.68. The van der Waals surface area contributed by atoms with Crippen LogP contribution in [0.4, 0.5) is 5.69 Å². The van der Waals surface area contributed by atoms with Gasteiger partial charge in [-0.25, -0.2) is 0 Å². The number of methoxy groups -OCH3 is 1. The summed E-state index contributed by atoms with van der Waals surface area (Å²) in [6.45, 7) is 0.553. The summed E-state index contributed by atoms with van der Waals surface area (Å²) < 4.78 is 11.3. The lowest BCUT2D eigenvalue weighted by molar-refractivity contribution is -0.255. The van der Waals surface area contributed by atoms with Crippen molar-refractivity contribution in [3.05, 3.63) is 89.5 Å². The number of carbonyl (C=O) groups is 1. The lowest BCUT2D eigenvalue weighted by Crippen LogP contribution is -2.21. The normalized spacial score (nSPS) is 10.7. The van der Waals surface area contributed by atoms with Gasteiger partial charge in [-0.1, -0.05) is 42.5 Å². The van der Waals surface area contributed by atoms with E-state index < -0.39 is 5.97 Å². The Balaban J connectivity index is 1.57. The molecular formula is C23H21N2O4-. The molecule has 0 saturated heterocycles. The van der Waals surface area contributed by atoms with Gasteiger partial charge in [0.2, 0.25) is 0 Å². The minimum Gasteiger partial charge on any atom is -0.545 e. The molecule has 0 aliphatic rings. The smallest absolute Gasteiger partial charge is 0.161 e. The molecule has 0 atom stereocenters. The van der Waals surface area contributed by atoms with Crippen molar-refractivity contribution in [2.24, 2.45) is 5.10 Å². The number of hydrogen-bond donors (Lipinski definition) is 1. The van der Waals surface area contributed by atoms with Crippen LogP contribution in [0, 0.1) is 0 Å². The van der Waals surface area contributed by atoms with Crippen LogP contribution in [0.3, 0.4) is 0 Å². The Labute approximate surface area is 169 Å². The van der Waals surface area contributed by atoms with Crippen LogP contribution in [-0.2, 0) is 6.42 Å². The highest BCUT2D eigenvalue weighted by Gasteiger charge is 2.05. The van der Waals surface area contributed by atoms with Gasteiger partial charge < -0.3 is 19.4 Å². The molecule has 0 amide bonds. The fourth-order valence-corrected chi connectivity index (χ4v) is 2.67. The maximum atomic E-state index is 10.8. The molecule has 0 aliphatic heterocycles. The quantitative estimate of drug-likeness (QED) is 0.449. The van der Waals surface area contributed by atoms with Crippen LogP contribution in [0.5, 0.6) is 11.5 Å². The largest absolute Gasteiger partial charge is 0.545 e. The van der Waals surface area contributed by atoms with E-state index in [2.05, 4.69) is 22.7 Å². The van der Waals surface area contributed by atoms with Gasteiger partial charge in [-0.2, -0.15) is 5.10 Å². The lowest BCUT2D eigenvalue weighted by Gasteiger charge is -2.11. The fraction of sp³-hybridized carbons (Fsp3) is 0.130. The number of aromatic carboxylic acids is 1. The average Bonchev–Trinajstić information content (AvgIpc) is 2.75. The summed E-state index contributed by atoms with van der Waals surface area (Å²) in [6, 6.07) is 21.9. The molecule has 0 spiro atoms. The molecule has 1 N–H and O–H groups in total. The fourth-order valence-electron chi connectivity index (χ4n) is 2.67. The van der Waals surface area contributed by atoms with Crippen LogP contribution in [0.1, 0.15) is 21.5 Å². The number of rotatable bonds is 9. The Kier molecular flexibility index (Phi) is 6.84. The Hall–Kier alpha value is -3.80. The molecule has 0 aromatic heterocycles. The number of ether oxygens (including phenoxy) is 2. The molecule has 0 saturated carbocycles. The van der Waals surface area contributed by atoms with Crippen molar-refractivity contribution in [2.75, 3.05) is 19.1 Å². The van der Waals surface area contributed by atoms with Crippen LogP contribution in [0.15, 0.2) is 77.9 Å². The zero-order valence-corrected chi connectivity index (χ0v) is 16.0. The first-order chi connectivity index (χ1) is 14.2. The van der Waals surface area contributed by atoms with E-state index in [4.69, 9.17) is 9.47 Å². The number of nitrogens with one attached hydrogen (secondary N) is 1. The molecule has 148 valence electrons. The molecule has 6 heteroatoms. The van der Waals surface area contributed by atoms with E-state index in [0.717, 1.165) is 12.0 Å². The third kappa shape index (κ3) is 5.84. The summed E-state index contributed by atoms with van der Waals surface area (Å²) >= 11 is 0. The third-order valence-electron chi connectivity index (χ3n) is 4.21. The van der Waals surface area contributed by atoms with Gasteiger partial charge in [0, 0.05) is 6.42 Å². The van der Waals surface area contributed by atoms with E-state index in [1.807, 2.05) is 36.4 Å². The number of hydrogen-bond acceptors (Lipinski definition) is 6. The van der Waals surface area contributed by atoms with Gasteiger partial charge in [-0.3, -0.25) is 5.43 Å². The van der Waals surface area contributed by atoms with Crippen LogP contribution in [0.25, 0.3) is 0 Å². The first-order valence-electron chi connectivity index (χ1n) is 9.11. The first kappa shape index (κ1) is 19.9. The predicted octanol–water partition coefficient (Wildman–Crippen LogP) is 3.13. The van der Waals surface area contributed by atoms with Gasteiger partial charge in [0.05, 0.1) is 31.6 Å². The molecule has 3 aromatic rings. The van der Waals surface area contributed by atoms with Crippen molar-refractivity contribution in [2.45, 2.75) is 6.42 Å². The number of carboxylic acids is 1. The van der Waals surface area contributed by atoms with Crippen LogP contribution >= 0.6 is 0 Å². The molecular weight excluding hydrogens is 368 g/mol. The molecule has 0 bridgehead atoms. The van der Waals surface area contributed by atoms with Gasteiger partial charge >= 0.3 is 0 Å². The Morgan fingerprint density at radius 2 is 1.79 bits per heavy atom. The van der Waals surface area contributed by atoms with Crippen molar-refractivity contribution in [3.63, 3.8) is 0 Å². The summed E-state index contributed by atoms with van der Waals surface area (Å²) in [5.74, 6) is 0.0879. The number of benzene rings is 3. The standard InChI is InChI=1S/C23H22N2O4/c1-28-22-15-18(16-24-25-20-10-8-19(9-11-20)23(26)27)7-12-21(22)29-14-13-17-5-3-2-4-6-17/h2-12,15-16,25H,13-14H2,1H3,(H,26,27)/p-1/b24-16-. The van der Waals surface area contributed by atoms with Crippen molar-refractivity contribution < 1.29 is 19.4 Å². The molecule has 0 fully saturated rings. The van der Waals surface area contributed by atoms with Gasteiger partial charge in [-0.15, -0.1) is 0 Å². The number of anilines is 1. The Bertz CT molecular complexity index is 970. The minimum atomic E-state index is -1.21. The minimum absolute atomic E-state index is 0.118. The molecule has 3 aromatic carbocycles. The van der Waals surface area contributed by atoms with Crippen LogP contribution in [0.2, 0.25) is 0 Å². The van der Waals surface area contributed by atoms with Crippen molar-refractivity contribution >= 4 is 17.9 Å². The second-order valence-corrected chi connectivity index (χ2v) is 6.23. The van der Waals surface area contributed by atoms with Crippen molar-refractivity contribution in [1.82, 2.24) is 0 Å². The second-order valence-electron chi connectivity index (χ2n) is 6.23. The van der Waals surface area contributed by atoms with Gasteiger partial charge in [0.25, 0.3) is 0 Å². The molecule has 6 nitrogen and oxygen atoms in total. The molecule has 0 unspecified atom stereocenters. The SMILES string of the molecule is COc1cc(/C=N\Nc2ccc(C(=O)[O-])cc2)ccc1OCCc1ccccc1. The van der Waals surface area contributed by atoms with Crippen LogP contribution < -0.4 is 20.0 Å². The highest BCUT2D eigenvalue weighted by atomic mass is 16.5. The molecule has 3 rings (SSSR count). The maximum Gasteiger partial charge on any atom is 0.161 e. The topological polar surface area (TPSA) is 83.0 Å². The molecule has 29 heavy (non-hydrogen) atoms. The van der Waals surface area contributed by atoms with E-state index in [0.29, 0.717) is 23.8 Å². The molecule has 0 radical (unpaired) electrons. The van der Waals surface area contributed by atoms with Crippen LogP contribution in [-0.4, -0.2) is 25.9 Å². The molecule has 0 aliphatic carbocycles. The number of carboxylic acid groups (broad SMARTS) is 1. The number of hydrazone groups is 1. The highest BCUT2D eigenvalue weighted by Crippen LogP contribution is 2.27. The monoisotopic (exact) mass is 389 g/mol. The highest BCUT2D eigenvalue weighted by molar-refractivity contribution is 5.86. The second kappa shape index (κ2) is 9.94. The van der Waals surface area contributed by atoms with E-state index in [-0.39, 0.29) is 5.56 Å². The Morgan fingerprint density at radius 3 is 2.48 bits per heavy atom. The molecule has 0 heterocycles. The van der Waals surface area contributed by atoms with E-state index >= 15 is 0 Å². The van der Waals surface area contributed by atoms with E-state index in [1.54, 1.807) is 25.5 Å². The first-order valence-corrected chi connectivity index (χ1v) is 9.11. The van der Waals surface area contributed by atoms with Gasteiger partial charge in [0.1, 0.15) is 0 Å². The van der Waals surface area contributed by atoms with E-state index in [9.17, 15) is 9.90 Å². The maximum absolute atomic E-state index is 10.8. The van der Waals surface area contributed by atoms with E-state index in [1.165, 1.54) is 17.7 Å². The summed E-state index contributed by atoms with van der Waals surface area (Å²) in [6.07, 6.45) is 2.46. The zero-order chi connectivity index (χ0) is 20.5. The summed E-state index contributed by atoms with van der Waals surface area (Å²) in [5, 5.41) is 14.9. The zero-order valence-electron chi connectivity index (χ0n) is 16.0.